The van der Waals surface area contributed by atoms with Crippen LogP contribution in [0.25, 0.3) is 0 Å². The highest BCUT2D eigenvalue weighted by Crippen LogP contribution is 2.41. The van der Waals surface area contributed by atoms with Crippen molar-refractivity contribution in [1.29, 1.82) is 0 Å². The van der Waals surface area contributed by atoms with E-state index in [4.69, 9.17) is 4.74 Å². The second-order valence-electron chi connectivity index (χ2n) is 7.62. The van der Waals surface area contributed by atoms with E-state index < -0.39 is 5.97 Å². The number of amides is 1. The number of aryl methyl sites for hydroxylation is 1. The van der Waals surface area contributed by atoms with Gasteiger partial charge in [-0.3, -0.25) is 4.79 Å². The fraction of sp³-hybridized carbons (Fsp3) is 0.455. The second-order valence-corrected chi connectivity index (χ2v) is 7.62. The minimum atomic E-state index is -1.01. The number of carbonyl (C=O) groups is 2. The molecule has 1 fully saturated rings. The third-order valence-corrected chi connectivity index (χ3v) is 5.54. The first kappa shape index (κ1) is 20.1. The number of rotatable bonds is 5. The van der Waals surface area contributed by atoms with Crippen LogP contribution in [0.2, 0.25) is 0 Å². The van der Waals surface area contributed by atoms with E-state index in [0.717, 1.165) is 37.3 Å². The van der Waals surface area contributed by atoms with Crippen molar-refractivity contribution in [2.75, 3.05) is 23.4 Å². The van der Waals surface area contributed by atoms with Crippen molar-refractivity contribution in [3.05, 3.63) is 47.3 Å². The van der Waals surface area contributed by atoms with Gasteiger partial charge in [0.15, 0.2) is 0 Å². The first-order valence-corrected chi connectivity index (χ1v) is 9.81. The van der Waals surface area contributed by atoms with E-state index in [1.807, 2.05) is 17.0 Å². The zero-order valence-corrected chi connectivity index (χ0v) is 16.7. The summed E-state index contributed by atoms with van der Waals surface area (Å²) < 4.78 is 5.64. The van der Waals surface area contributed by atoms with Crippen molar-refractivity contribution < 1.29 is 19.4 Å². The Morgan fingerprint density at radius 1 is 1.50 bits per heavy atom. The molecular weight excluding hydrogens is 356 g/mol. The van der Waals surface area contributed by atoms with Crippen LogP contribution in [0.4, 0.5) is 11.4 Å². The molecule has 0 saturated carbocycles. The van der Waals surface area contributed by atoms with Crippen LogP contribution < -0.4 is 10.2 Å². The molecule has 28 heavy (non-hydrogen) atoms. The van der Waals surface area contributed by atoms with Crippen molar-refractivity contribution in [1.82, 2.24) is 0 Å². The molecule has 1 amide bonds. The van der Waals surface area contributed by atoms with Gasteiger partial charge in [-0.05, 0) is 43.4 Å². The van der Waals surface area contributed by atoms with E-state index >= 15 is 0 Å². The maximum absolute atomic E-state index is 12.9. The van der Waals surface area contributed by atoms with Gasteiger partial charge in [-0.1, -0.05) is 32.9 Å². The molecule has 0 radical (unpaired) electrons. The molecule has 1 aromatic rings. The SMILES string of the molecule is C=C(C1CCCOC1)N1/C(=C\[C@H](C)CC)C(=O)Nc2cc(C(=O)O)c(C)cc21. The number of anilines is 2. The molecule has 1 aromatic carbocycles. The number of aromatic carboxylic acids is 1. The molecule has 1 saturated heterocycles. The molecule has 2 heterocycles. The van der Waals surface area contributed by atoms with Crippen molar-refractivity contribution in [3.63, 3.8) is 0 Å². The van der Waals surface area contributed by atoms with Crippen LogP contribution >= 0.6 is 0 Å². The number of hydrogen-bond donors (Lipinski definition) is 2. The lowest BCUT2D eigenvalue weighted by atomic mass is 9.94. The van der Waals surface area contributed by atoms with Gasteiger partial charge in [0.1, 0.15) is 5.70 Å². The van der Waals surface area contributed by atoms with E-state index in [9.17, 15) is 14.7 Å². The monoisotopic (exact) mass is 384 g/mol. The van der Waals surface area contributed by atoms with Crippen LogP contribution in [0.1, 0.15) is 49.0 Å². The van der Waals surface area contributed by atoms with E-state index in [1.165, 1.54) is 6.07 Å². The minimum absolute atomic E-state index is 0.118. The Hall–Kier alpha value is -2.60. The molecule has 0 spiro atoms. The van der Waals surface area contributed by atoms with Gasteiger partial charge < -0.3 is 20.1 Å². The first-order valence-electron chi connectivity index (χ1n) is 9.81. The summed E-state index contributed by atoms with van der Waals surface area (Å²) in [4.78, 5) is 26.4. The summed E-state index contributed by atoms with van der Waals surface area (Å²) in [6, 6.07) is 3.35. The third-order valence-electron chi connectivity index (χ3n) is 5.54. The summed E-state index contributed by atoms with van der Waals surface area (Å²) in [5.74, 6) is -0.917. The maximum atomic E-state index is 12.9. The van der Waals surface area contributed by atoms with Gasteiger partial charge in [0.25, 0.3) is 5.91 Å². The average molecular weight is 384 g/mol. The van der Waals surface area contributed by atoms with E-state index in [1.54, 1.807) is 6.92 Å². The summed E-state index contributed by atoms with van der Waals surface area (Å²) in [5, 5.41) is 12.3. The molecule has 2 aliphatic heterocycles. The topological polar surface area (TPSA) is 78.9 Å². The van der Waals surface area contributed by atoms with E-state index in [-0.39, 0.29) is 23.3 Å². The number of benzene rings is 1. The predicted molar refractivity (Wildman–Crippen MR) is 109 cm³/mol. The second kappa shape index (κ2) is 8.19. The molecule has 2 aliphatic rings. The van der Waals surface area contributed by atoms with E-state index in [2.05, 4.69) is 25.7 Å². The Morgan fingerprint density at radius 3 is 2.86 bits per heavy atom. The zero-order chi connectivity index (χ0) is 20.4. The number of fused-ring (bicyclic) bond motifs is 1. The molecule has 2 N–H and O–H groups in total. The van der Waals surface area contributed by atoms with Crippen molar-refractivity contribution in [2.45, 2.75) is 40.0 Å². The molecule has 6 nitrogen and oxygen atoms in total. The lowest BCUT2D eigenvalue weighted by Gasteiger charge is -2.39. The number of hydrogen-bond acceptors (Lipinski definition) is 4. The average Bonchev–Trinajstić information content (AvgIpc) is 2.68. The third kappa shape index (κ3) is 3.83. The fourth-order valence-electron chi connectivity index (χ4n) is 3.66. The highest BCUT2D eigenvalue weighted by atomic mass is 16.5. The lowest BCUT2D eigenvalue weighted by molar-refractivity contribution is -0.113. The van der Waals surface area contributed by atoms with Crippen LogP contribution in [-0.2, 0) is 9.53 Å². The molecule has 6 heteroatoms. The lowest BCUT2D eigenvalue weighted by Crippen LogP contribution is -2.39. The molecule has 0 aromatic heterocycles. The number of nitrogens with one attached hydrogen (secondary N) is 1. The van der Waals surface area contributed by atoms with Crippen LogP contribution in [-0.4, -0.2) is 30.2 Å². The highest BCUT2D eigenvalue weighted by Gasteiger charge is 2.34. The largest absolute Gasteiger partial charge is 0.478 e. The fourth-order valence-corrected chi connectivity index (χ4v) is 3.66. The van der Waals surface area contributed by atoms with Gasteiger partial charge >= 0.3 is 5.97 Å². The van der Waals surface area contributed by atoms with Gasteiger partial charge in [0.05, 0.1) is 23.5 Å². The summed E-state index contributed by atoms with van der Waals surface area (Å²) >= 11 is 0. The van der Waals surface area contributed by atoms with E-state index in [0.29, 0.717) is 23.6 Å². The first-order chi connectivity index (χ1) is 13.3. The number of ether oxygens (including phenoxy) is 1. The van der Waals surface area contributed by atoms with Gasteiger partial charge in [-0.25, -0.2) is 4.79 Å². The number of carboxylic acids is 1. The Morgan fingerprint density at radius 2 is 2.25 bits per heavy atom. The minimum Gasteiger partial charge on any atom is -0.478 e. The van der Waals surface area contributed by atoms with Gasteiger partial charge in [-0.15, -0.1) is 0 Å². The van der Waals surface area contributed by atoms with Crippen molar-refractivity contribution in [3.8, 4) is 0 Å². The van der Waals surface area contributed by atoms with Crippen LogP contribution in [0, 0.1) is 18.8 Å². The number of allylic oxidation sites excluding steroid dienone is 1. The van der Waals surface area contributed by atoms with Gasteiger partial charge in [0.2, 0.25) is 0 Å². The van der Waals surface area contributed by atoms with Crippen molar-refractivity contribution in [2.24, 2.45) is 11.8 Å². The Labute approximate surface area is 165 Å². The van der Waals surface area contributed by atoms with Crippen LogP contribution in [0.15, 0.2) is 36.2 Å². The summed E-state index contributed by atoms with van der Waals surface area (Å²) in [6.45, 7) is 11.6. The molecule has 1 unspecified atom stereocenters. The highest BCUT2D eigenvalue weighted by molar-refractivity contribution is 6.13. The normalized spacial score (nSPS) is 21.8. The maximum Gasteiger partial charge on any atom is 0.336 e. The quantitative estimate of drug-likeness (QED) is 0.739. The number of carboxylic acid groups (broad SMARTS) is 1. The van der Waals surface area contributed by atoms with Gasteiger partial charge in [-0.2, -0.15) is 0 Å². The zero-order valence-electron chi connectivity index (χ0n) is 16.7. The molecule has 150 valence electrons. The Kier molecular flexibility index (Phi) is 5.89. The Balaban J connectivity index is 2.13. The summed E-state index contributed by atoms with van der Waals surface area (Å²) in [7, 11) is 0. The number of carbonyl (C=O) groups excluding carboxylic acids is 1. The van der Waals surface area contributed by atoms with Crippen LogP contribution in [0.5, 0.6) is 0 Å². The predicted octanol–water partition coefficient (Wildman–Crippen LogP) is 4.32. The standard InChI is InChI=1S/C22H28N2O4/c1-5-13(2)9-20-21(25)23-18-11-17(22(26)27)14(3)10-19(18)24(20)15(4)16-7-6-8-28-12-16/h9-11,13,16H,4-8,12H2,1-3H3,(H,23,25)(H,26,27)/b20-9-/t13-,16?/m1/s1. The summed E-state index contributed by atoms with van der Waals surface area (Å²) in [6.07, 6.45) is 4.79. The summed E-state index contributed by atoms with van der Waals surface area (Å²) in [5.41, 5.74) is 3.43. The molecule has 0 bridgehead atoms. The molecule has 0 aliphatic carbocycles. The smallest absolute Gasteiger partial charge is 0.336 e. The molecule has 2 atom stereocenters. The van der Waals surface area contributed by atoms with Crippen LogP contribution in [0.3, 0.4) is 0 Å². The molecule has 3 rings (SSSR count). The number of nitrogens with zero attached hydrogens (tertiary/aromatic N) is 1. The molecular formula is C22H28N2O4. The Bertz CT molecular complexity index is 837. The van der Waals surface area contributed by atoms with Gasteiger partial charge in [0, 0.05) is 18.2 Å². The van der Waals surface area contributed by atoms with Crippen molar-refractivity contribution >= 4 is 23.3 Å².